The van der Waals surface area contributed by atoms with Crippen LogP contribution in [0.5, 0.6) is 0 Å². The number of rotatable bonds is 17. The van der Waals surface area contributed by atoms with Gasteiger partial charge in [-0.2, -0.15) is 0 Å². The Bertz CT molecular complexity index is 1160. The van der Waals surface area contributed by atoms with E-state index in [-0.39, 0.29) is 24.7 Å². The van der Waals surface area contributed by atoms with Gasteiger partial charge in [-0.3, -0.25) is 14.4 Å². The van der Waals surface area contributed by atoms with Crippen LogP contribution in [-0.2, 0) is 9.59 Å². The van der Waals surface area contributed by atoms with Gasteiger partial charge in [-0.15, -0.1) is 11.8 Å². The molecule has 4 aliphatic carbocycles. The number of likely N-dealkylation sites (N-methyl/N-ethyl adjacent to an activating group) is 1. The number of nitrogens with one attached hydrogen (secondary N) is 2. The highest BCUT2D eigenvalue weighted by Gasteiger charge is 2.67. The SMILES string of the molecule is CNC(=O)CCC(C=O)N(C)C(=O)c1cc(SCCCCCCCNC23CC4CC5CCC(C2)C5(C4)C3)ccc1C=O. The number of carbonyl (C=O) groups excluding carboxylic acids is 4. The second-order valence-corrected chi connectivity index (χ2v) is 14.8. The molecular weight excluding hydrogens is 546 g/mol. The number of thioether (sulfide) groups is 1. The number of hydrogen-bond donors (Lipinski definition) is 2. The summed E-state index contributed by atoms with van der Waals surface area (Å²) in [5.74, 6) is 3.45. The fourth-order valence-electron chi connectivity index (χ4n) is 9.24. The molecule has 1 aromatic rings. The lowest BCUT2D eigenvalue weighted by Gasteiger charge is -2.39. The van der Waals surface area contributed by atoms with Crippen LogP contribution >= 0.6 is 11.8 Å². The summed E-state index contributed by atoms with van der Waals surface area (Å²) in [6, 6.07) is 4.59. The smallest absolute Gasteiger partial charge is 0.254 e. The van der Waals surface area contributed by atoms with Crippen molar-refractivity contribution >= 4 is 36.1 Å². The standard InChI is InChI=1S/C34H49N3O4S/c1-35-31(40)13-11-28(22-39)37(2)32(41)30-17-29(12-8-25(30)21-38)42-15-7-5-3-4-6-14-36-33-18-24-16-26-9-10-27(20-33)34(26,19-24)23-33/h8,12,17,21-22,24,26-28,36H,3-7,9-11,13-16,18-20,23H2,1-2H3,(H,35,40). The van der Waals surface area contributed by atoms with E-state index in [4.69, 9.17) is 0 Å². The molecule has 4 saturated carbocycles. The molecule has 6 unspecified atom stereocenters. The molecule has 3 bridgehead atoms. The zero-order chi connectivity index (χ0) is 29.7. The van der Waals surface area contributed by atoms with Gasteiger partial charge in [-0.1, -0.05) is 19.3 Å². The monoisotopic (exact) mass is 595 g/mol. The number of aldehydes is 2. The summed E-state index contributed by atoms with van der Waals surface area (Å²) in [5, 5.41) is 6.62. The number of fused-ring (bicyclic) bond motifs is 2. The van der Waals surface area contributed by atoms with Crippen molar-refractivity contribution in [2.45, 2.75) is 106 Å². The predicted molar refractivity (Wildman–Crippen MR) is 167 cm³/mol. The minimum atomic E-state index is -0.733. The van der Waals surface area contributed by atoms with Gasteiger partial charge >= 0.3 is 0 Å². The van der Waals surface area contributed by atoms with E-state index in [1.165, 1.54) is 82.7 Å². The molecule has 6 atom stereocenters. The Morgan fingerprint density at radius 1 is 1.07 bits per heavy atom. The van der Waals surface area contributed by atoms with E-state index in [0.717, 1.165) is 40.2 Å². The number of amides is 2. The number of hydrogen-bond acceptors (Lipinski definition) is 6. The minimum Gasteiger partial charge on any atom is -0.359 e. The van der Waals surface area contributed by atoms with Crippen molar-refractivity contribution in [1.82, 2.24) is 15.5 Å². The molecule has 1 aromatic carbocycles. The summed E-state index contributed by atoms with van der Waals surface area (Å²) in [6.45, 7) is 1.17. The van der Waals surface area contributed by atoms with Gasteiger partial charge in [-0.25, -0.2) is 0 Å². The lowest BCUT2D eigenvalue weighted by molar-refractivity contribution is -0.121. The summed E-state index contributed by atoms with van der Waals surface area (Å²) in [4.78, 5) is 50.4. The fourth-order valence-corrected chi connectivity index (χ4v) is 10.2. The maximum absolute atomic E-state index is 13.2. The molecule has 2 amide bonds. The van der Waals surface area contributed by atoms with Crippen molar-refractivity contribution in [2.24, 2.45) is 23.2 Å². The summed E-state index contributed by atoms with van der Waals surface area (Å²) in [5.41, 5.74) is 1.80. The second kappa shape index (κ2) is 13.6. The minimum absolute atomic E-state index is 0.146. The lowest BCUT2D eigenvalue weighted by atomic mass is 9.71. The van der Waals surface area contributed by atoms with E-state index in [9.17, 15) is 19.2 Å². The van der Waals surface area contributed by atoms with E-state index < -0.39 is 6.04 Å². The molecule has 0 aromatic heterocycles. The van der Waals surface area contributed by atoms with Crippen LogP contribution in [0.3, 0.4) is 0 Å². The van der Waals surface area contributed by atoms with Gasteiger partial charge in [0, 0.05) is 36.5 Å². The van der Waals surface area contributed by atoms with E-state index in [2.05, 4.69) is 10.6 Å². The predicted octanol–water partition coefficient (Wildman–Crippen LogP) is 5.66. The largest absolute Gasteiger partial charge is 0.359 e. The molecule has 7 nitrogen and oxygen atoms in total. The maximum atomic E-state index is 13.2. The summed E-state index contributed by atoms with van der Waals surface area (Å²) >= 11 is 1.70. The Labute approximate surface area is 255 Å². The molecule has 4 aliphatic rings. The first-order valence-electron chi connectivity index (χ1n) is 16.2. The van der Waals surface area contributed by atoms with Crippen molar-refractivity contribution in [1.29, 1.82) is 0 Å². The molecule has 42 heavy (non-hydrogen) atoms. The van der Waals surface area contributed by atoms with Crippen LogP contribution in [0.2, 0.25) is 0 Å². The molecule has 4 fully saturated rings. The maximum Gasteiger partial charge on any atom is 0.254 e. The van der Waals surface area contributed by atoms with Crippen molar-refractivity contribution in [3.8, 4) is 0 Å². The Morgan fingerprint density at radius 2 is 1.86 bits per heavy atom. The first-order chi connectivity index (χ1) is 20.3. The van der Waals surface area contributed by atoms with E-state index in [0.29, 0.717) is 29.2 Å². The van der Waals surface area contributed by atoms with Crippen molar-refractivity contribution in [3.05, 3.63) is 29.3 Å². The third-order valence-corrected chi connectivity index (χ3v) is 12.2. The topological polar surface area (TPSA) is 95.6 Å². The normalized spacial score (nSPS) is 29.3. The first kappa shape index (κ1) is 31.2. The highest BCUT2D eigenvalue weighted by molar-refractivity contribution is 7.99. The number of carbonyl (C=O) groups is 4. The van der Waals surface area contributed by atoms with Crippen LogP contribution in [0.4, 0.5) is 0 Å². The van der Waals surface area contributed by atoms with Gasteiger partial charge in [0.2, 0.25) is 5.91 Å². The van der Waals surface area contributed by atoms with E-state index >= 15 is 0 Å². The zero-order valence-electron chi connectivity index (χ0n) is 25.5. The highest BCUT2D eigenvalue weighted by atomic mass is 32.2. The van der Waals surface area contributed by atoms with Gasteiger partial charge in [0.25, 0.3) is 5.91 Å². The van der Waals surface area contributed by atoms with Gasteiger partial charge in [-0.05, 0) is 118 Å². The molecule has 8 heteroatoms. The fraction of sp³-hybridized carbons (Fsp3) is 0.706. The van der Waals surface area contributed by atoms with Crippen LogP contribution in [0.15, 0.2) is 23.1 Å². The van der Waals surface area contributed by atoms with Gasteiger partial charge < -0.3 is 20.3 Å². The van der Waals surface area contributed by atoms with Crippen LogP contribution in [0, 0.1) is 23.2 Å². The number of benzene rings is 1. The molecule has 5 rings (SSSR count). The van der Waals surface area contributed by atoms with Gasteiger partial charge in [0.15, 0.2) is 6.29 Å². The third kappa shape index (κ3) is 6.50. The van der Waals surface area contributed by atoms with Gasteiger partial charge in [0.05, 0.1) is 11.6 Å². The van der Waals surface area contributed by atoms with E-state index in [1.807, 2.05) is 6.07 Å². The quantitative estimate of drug-likeness (QED) is 0.137. The Hall–Kier alpha value is -2.19. The van der Waals surface area contributed by atoms with Crippen LogP contribution < -0.4 is 10.6 Å². The molecule has 1 spiro atoms. The van der Waals surface area contributed by atoms with Gasteiger partial charge in [0.1, 0.15) is 6.29 Å². The molecule has 230 valence electrons. The Balaban J connectivity index is 1.00. The molecule has 0 heterocycles. The average Bonchev–Trinajstić information content (AvgIpc) is 3.55. The van der Waals surface area contributed by atoms with Crippen LogP contribution in [0.1, 0.15) is 111 Å². The third-order valence-electron chi connectivity index (χ3n) is 11.2. The van der Waals surface area contributed by atoms with Crippen molar-refractivity contribution in [3.63, 3.8) is 0 Å². The second-order valence-electron chi connectivity index (χ2n) is 13.6. The number of nitrogens with zero attached hydrogens (tertiary/aromatic N) is 1. The van der Waals surface area contributed by atoms with Crippen LogP contribution in [-0.4, -0.2) is 67.3 Å². The Kier molecular flexibility index (Phi) is 10.1. The summed E-state index contributed by atoms with van der Waals surface area (Å²) in [6.07, 6.45) is 18.2. The molecular formula is C34H49N3O4S. The van der Waals surface area contributed by atoms with Crippen molar-refractivity contribution in [2.75, 3.05) is 26.4 Å². The molecule has 2 N–H and O–H groups in total. The summed E-state index contributed by atoms with van der Waals surface area (Å²) in [7, 11) is 3.08. The molecule has 0 saturated heterocycles. The summed E-state index contributed by atoms with van der Waals surface area (Å²) < 4.78 is 0. The Morgan fingerprint density at radius 3 is 2.64 bits per heavy atom. The van der Waals surface area contributed by atoms with Crippen molar-refractivity contribution < 1.29 is 19.2 Å². The molecule has 0 aliphatic heterocycles. The van der Waals surface area contributed by atoms with Crippen LogP contribution in [0.25, 0.3) is 0 Å². The first-order valence-corrected chi connectivity index (χ1v) is 17.2. The average molecular weight is 596 g/mol. The zero-order valence-corrected chi connectivity index (χ0v) is 26.3. The lowest BCUT2D eigenvalue weighted by Crippen LogP contribution is -2.47. The highest BCUT2D eigenvalue weighted by Crippen LogP contribution is 2.73. The van der Waals surface area contributed by atoms with E-state index in [1.54, 1.807) is 37.4 Å². The molecule has 0 radical (unpaired) electrons. The number of unbranched alkanes of at least 4 members (excludes halogenated alkanes) is 4.